The molecule has 1 saturated carbocycles. The van der Waals surface area contributed by atoms with Crippen molar-refractivity contribution in [2.75, 3.05) is 19.8 Å². The van der Waals surface area contributed by atoms with Crippen LogP contribution in [0.2, 0.25) is 0 Å². The van der Waals surface area contributed by atoms with Crippen molar-refractivity contribution in [1.82, 2.24) is 4.90 Å². The van der Waals surface area contributed by atoms with Gasteiger partial charge in [0.1, 0.15) is 6.04 Å². The molecule has 4 heteroatoms. The number of aliphatic hydroxyl groups is 1. The third-order valence-electron chi connectivity index (χ3n) is 3.03. The molecule has 1 rings (SSSR count). The molecule has 0 saturated heterocycles. The summed E-state index contributed by atoms with van der Waals surface area (Å²) in [5.74, 6) is -0.183. The average molecular weight is 215 g/mol. The fourth-order valence-corrected chi connectivity index (χ4v) is 1.92. The van der Waals surface area contributed by atoms with E-state index < -0.39 is 0 Å². The lowest BCUT2D eigenvalue weighted by Crippen LogP contribution is -2.50. The van der Waals surface area contributed by atoms with Crippen LogP contribution in [-0.2, 0) is 9.53 Å². The number of ether oxygens (including phenoxy) is 1. The minimum absolute atomic E-state index is 0.0975. The SMILES string of the molecule is CCOC(=O)C(C)N(CCO)C1CCC1. The van der Waals surface area contributed by atoms with Gasteiger partial charge in [0.15, 0.2) is 0 Å². The first-order valence-electron chi connectivity index (χ1n) is 5.74. The van der Waals surface area contributed by atoms with Crippen molar-refractivity contribution in [3.05, 3.63) is 0 Å². The van der Waals surface area contributed by atoms with E-state index in [-0.39, 0.29) is 18.6 Å². The summed E-state index contributed by atoms with van der Waals surface area (Å²) in [5, 5.41) is 8.97. The van der Waals surface area contributed by atoms with Crippen molar-refractivity contribution in [1.29, 1.82) is 0 Å². The topological polar surface area (TPSA) is 49.8 Å². The minimum atomic E-state index is -0.234. The molecule has 1 unspecified atom stereocenters. The van der Waals surface area contributed by atoms with E-state index in [1.807, 2.05) is 13.8 Å². The van der Waals surface area contributed by atoms with Crippen molar-refractivity contribution in [2.45, 2.75) is 45.2 Å². The second-order valence-electron chi connectivity index (χ2n) is 3.97. The van der Waals surface area contributed by atoms with Crippen LogP contribution in [0.5, 0.6) is 0 Å². The highest BCUT2D eigenvalue weighted by Gasteiger charge is 2.31. The predicted molar refractivity (Wildman–Crippen MR) is 57.5 cm³/mol. The zero-order valence-electron chi connectivity index (χ0n) is 9.61. The smallest absolute Gasteiger partial charge is 0.323 e. The lowest BCUT2D eigenvalue weighted by molar-refractivity contribution is -0.150. The highest BCUT2D eigenvalue weighted by molar-refractivity contribution is 5.75. The quantitative estimate of drug-likeness (QED) is 0.665. The number of nitrogens with zero attached hydrogens (tertiary/aromatic N) is 1. The minimum Gasteiger partial charge on any atom is -0.465 e. The first-order valence-corrected chi connectivity index (χ1v) is 5.74. The van der Waals surface area contributed by atoms with Gasteiger partial charge in [0.25, 0.3) is 0 Å². The molecule has 88 valence electrons. The van der Waals surface area contributed by atoms with Gasteiger partial charge in [-0.1, -0.05) is 6.42 Å². The molecule has 0 aromatic heterocycles. The lowest BCUT2D eigenvalue weighted by Gasteiger charge is -2.39. The molecule has 1 aliphatic carbocycles. The van der Waals surface area contributed by atoms with Crippen molar-refractivity contribution in [2.24, 2.45) is 0 Å². The van der Waals surface area contributed by atoms with Gasteiger partial charge in [-0.25, -0.2) is 0 Å². The largest absolute Gasteiger partial charge is 0.465 e. The molecule has 0 spiro atoms. The molecule has 1 N–H and O–H groups in total. The average Bonchev–Trinajstić information content (AvgIpc) is 2.13. The number of hydrogen-bond acceptors (Lipinski definition) is 4. The Hall–Kier alpha value is -0.610. The van der Waals surface area contributed by atoms with Gasteiger partial charge in [-0.2, -0.15) is 0 Å². The first kappa shape index (κ1) is 12.5. The molecule has 4 nitrogen and oxygen atoms in total. The second kappa shape index (κ2) is 6.08. The van der Waals surface area contributed by atoms with E-state index in [4.69, 9.17) is 9.84 Å². The van der Waals surface area contributed by atoms with Crippen LogP contribution in [0.1, 0.15) is 33.1 Å². The predicted octanol–water partition coefficient (Wildman–Crippen LogP) is 0.785. The standard InChI is InChI=1S/C11H21NO3/c1-3-15-11(14)9(2)12(7-8-13)10-5-4-6-10/h9-10,13H,3-8H2,1-2H3. The highest BCUT2D eigenvalue weighted by Crippen LogP contribution is 2.26. The number of esters is 1. The van der Waals surface area contributed by atoms with Gasteiger partial charge >= 0.3 is 5.97 Å². The Morgan fingerprint density at radius 3 is 2.67 bits per heavy atom. The Bertz CT molecular complexity index is 204. The molecule has 0 heterocycles. The summed E-state index contributed by atoms with van der Waals surface area (Å²) < 4.78 is 4.99. The van der Waals surface area contributed by atoms with Crippen LogP contribution in [0.4, 0.5) is 0 Å². The fraction of sp³-hybridized carbons (Fsp3) is 0.909. The fourth-order valence-electron chi connectivity index (χ4n) is 1.92. The molecule has 1 fully saturated rings. The third-order valence-corrected chi connectivity index (χ3v) is 3.03. The van der Waals surface area contributed by atoms with E-state index in [0.29, 0.717) is 19.2 Å². The number of carbonyl (C=O) groups is 1. The van der Waals surface area contributed by atoms with Crippen molar-refractivity contribution < 1.29 is 14.6 Å². The van der Waals surface area contributed by atoms with E-state index in [2.05, 4.69) is 4.90 Å². The van der Waals surface area contributed by atoms with E-state index in [1.165, 1.54) is 6.42 Å². The molecular weight excluding hydrogens is 194 g/mol. The number of rotatable bonds is 6. The number of hydrogen-bond donors (Lipinski definition) is 1. The van der Waals surface area contributed by atoms with Crippen molar-refractivity contribution >= 4 is 5.97 Å². The zero-order valence-corrected chi connectivity index (χ0v) is 9.61. The Morgan fingerprint density at radius 2 is 2.27 bits per heavy atom. The van der Waals surface area contributed by atoms with Crippen molar-refractivity contribution in [3.63, 3.8) is 0 Å². The molecule has 0 bridgehead atoms. The van der Waals surface area contributed by atoms with E-state index in [9.17, 15) is 4.79 Å². The Kier molecular flexibility index (Phi) is 5.05. The van der Waals surface area contributed by atoms with Crippen LogP contribution >= 0.6 is 0 Å². The molecule has 0 amide bonds. The summed E-state index contributed by atoms with van der Waals surface area (Å²) in [6.45, 7) is 4.74. The molecule has 1 aliphatic rings. The van der Waals surface area contributed by atoms with Crippen LogP contribution in [0.15, 0.2) is 0 Å². The summed E-state index contributed by atoms with van der Waals surface area (Å²) >= 11 is 0. The van der Waals surface area contributed by atoms with Gasteiger partial charge < -0.3 is 9.84 Å². The van der Waals surface area contributed by atoms with Crippen LogP contribution in [-0.4, -0.2) is 47.8 Å². The maximum Gasteiger partial charge on any atom is 0.323 e. The maximum absolute atomic E-state index is 11.6. The van der Waals surface area contributed by atoms with Gasteiger partial charge in [-0.05, 0) is 26.7 Å². The van der Waals surface area contributed by atoms with E-state index in [1.54, 1.807) is 0 Å². The van der Waals surface area contributed by atoms with Crippen molar-refractivity contribution in [3.8, 4) is 0 Å². The van der Waals surface area contributed by atoms with Crippen LogP contribution in [0.25, 0.3) is 0 Å². The highest BCUT2D eigenvalue weighted by atomic mass is 16.5. The van der Waals surface area contributed by atoms with Gasteiger partial charge in [-0.15, -0.1) is 0 Å². The molecular formula is C11H21NO3. The molecule has 0 aromatic rings. The molecule has 1 atom stereocenters. The Labute approximate surface area is 91.2 Å². The lowest BCUT2D eigenvalue weighted by atomic mass is 9.90. The van der Waals surface area contributed by atoms with E-state index in [0.717, 1.165) is 12.8 Å². The van der Waals surface area contributed by atoms with Gasteiger partial charge in [0.2, 0.25) is 0 Å². The first-order chi connectivity index (χ1) is 7.20. The molecule has 0 aromatic carbocycles. The second-order valence-corrected chi connectivity index (χ2v) is 3.97. The Morgan fingerprint density at radius 1 is 1.60 bits per heavy atom. The summed E-state index contributed by atoms with van der Waals surface area (Å²) in [6.07, 6.45) is 3.48. The maximum atomic E-state index is 11.6. The van der Waals surface area contributed by atoms with Crippen LogP contribution < -0.4 is 0 Å². The number of aliphatic hydroxyl groups excluding tert-OH is 1. The van der Waals surface area contributed by atoms with Gasteiger partial charge in [0, 0.05) is 12.6 Å². The normalized spacial score (nSPS) is 18.7. The molecule has 0 radical (unpaired) electrons. The molecule has 0 aliphatic heterocycles. The van der Waals surface area contributed by atoms with Gasteiger partial charge in [0.05, 0.1) is 13.2 Å². The summed E-state index contributed by atoms with van der Waals surface area (Å²) in [5.41, 5.74) is 0. The van der Waals surface area contributed by atoms with Gasteiger partial charge in [-0.3, -0.25) is 9.69 Å². The Balaban J connectivity index is 2.49. The third kappa shape index (κ3) is 3.18. The molecule has 15 heavy (non-hydrogen) atoms. The van der Waals surface area contributed by atoms with Crippen LogP contribution in [0, 0.1) is 0 Å². The van der Waals surface area contributed by atoms with E-state index >= 15 is 0 Å². The summed E-state index contributed by atoms with van der Waals surface area (Å²) in [4.78, 5) is 13.6. The zero-order chi connectivity index (χ0) is 11.3. The summed E-state index contributed by atoms with van der Waals surface area (Å²) in [6, 6.07) is 0.221. The summed E-state index contributed by atoms with van der Waals surface area (Å²) in [7, 11) is 0. The van der Waals surface area contributed by atoms with Crippen LogP contribution in [0.3, 0.4) is 0 Å². The monoisotopic (exact) mass is 215 g/mol. The number of carbonyl (C=O) groups excluding carboxylic acids is 1.